The molecule has 2 atom stereocenters. The van der Waals surface area contributed by atoms with Gasteiger partial charge in [0.25, 0.3) is 0 Å². The zero-order chi connectivity index (χ0) is 41.6. The zero-order valence-electron chi connectivity index (χ0n) is 37.6. The summed E-state index contributed by atoms with van der Waals surface area (Å²) >= 11 is 0. The maximum absolute atomic E-state index is 12.6. The van der Waals surface area contributed by atoms with Gasteiger partial charge in [-0.05, 0) is 38.5 Å². The Kier molecular flexibility index (Phi) is 45.2. The van der Waals surface area contributed by atoms with Crippen LogP contribution in [-0.4, -0.2) is 49.9 Å². The highest BCUT2D eigenvalue weighted by molar-refractivity contribution is 7.47. The molecule has 0 aromatic carbocycles. The van der Waals surface area contributed by atoms with Gasteiger partial charge in [0.05, 0.1) is 19.8 Å². The van der Waals surface area contributed by atoms with Crippen LogP contribution in [0.3, 0.4) is 0 Å². The molecule has 0 bridgehead atoms. The molecule has 0 heterocycles. The summed E-state index contributed by atoms with van der Waals surface area (Å²) in [7, 11) is -4.28. The number of phosphoric ester groups is 1. The van der Waals surface area contributed by atoms with Crippen LogP contribution in [0.5, 0.6) is 0 Å². The lowest BCUT2D eigenvalue weighted by molar-refractivity contribution is -0.154. The van der Waals surface area contributed by atoms with Gasteiger partial charge in [-0.15, -0.1) is 0 Å². The van der Waals surface area contributed by atoms with Crippen LogP contribution in [0.2, 0.25) is 0 Å². The summed E-state index contributed by atoms with van der Waals surface area (Å²) in [6, 6.07) is 0. The molecule has 0 radical (unpaired) electrons. The smallest absolute Gasteiger partial charge is 0.457 e. The van der Waals surface area contributed by atoms with Gasteiger partial charge >= 0.3 is 13.8 Å². The Hall–Kier alpha value is -1.02. The summed E-state index contributed by atoms with van der Waals surface area (Å²) in [6.45, 7) is 4.91. The Balaban J connectivity index is 3.88. The number of esters is 1. The summed E-state index contributed by atoms with van der Waals surface area (Å²) in [5.41, 5.74) is 5.38. The number of ether oxygens (including phenoxy) is 2. The van der Waals surface area contributed by atoms with E-state index in [9.17, 15) is 14.3 Å². The van der Waals surface area contributed by atoms with Crippen LogP contribution in [-0.2, 0) is 27.9 Å². The summed E-state index contributed by atoms with van der Waals surface area (Å²) < 4.78 is 33.5. The predicted octanol–water partition coefficient (Wildman–Crippen LogP) is 14.8. The van der Waals surface area contributed by atoms with Gasteiger partial charge in [0.1, 0.15) is 6.10 Å². The Morgan fingerprint density at radius 2 is 0.947 bits per heavy atom. The highest BCUT2D eigenvalue weighted by Gasteiger charge is 2.25. The Bertz CT molecular complexity index is 930. The molecular formula is C48H94NO7P. The van der Waals surface area contributed by atoms with Gasteiger partial charge in [-0.3, -0.25) is 13.8 Å². The molecule has 57 heavy (non-hydrogen) atoms. The molecule has 8 nitrogen and oxygen atoms in total. The first kappa shape index (κ1) is 56.0. The second-order valence-corrected chi connectivity index (χ2v) is 17.8. The summed E-state index contributed by atoms with van der Waals surface area (Å²) in [4.78, 5) is 22.5. The van der Waals surface area contributed by atoms with Gasteiger partial charge in [-0.2, -0.15) is 0 Å². The van der Waals surface area contributed by atoms with E-state index >= 15 is 0 Å². The molecule has 0 rings (SSSR count). The van der Waals surface area contributed by atoms with Crippen molar-refractivity contribution in [1.29, 1.82) is 0 Å². The molecule has 0 amide bonds. The molecule has 0 fully saturated rings. The third-order valence-electron chi connectivity index (χ3n) is 10.6. The van der Waals surface area contributed by atoms with Gasteiger partial charge in [-0.25, -0.2) is 4.57 Å². The molecule has 0 saturated carbocycles. The van der Waals surface area contributed by atoms with Gasteiger partial charge < -0.3 is 20.1 Å². The summed E-state index contributed by atoms with van der Waals surface area (Å²) in [5, 5.41) is 0. The monoisotopic (exact) mass is 828 g/mol. The lowest BCUT2D eigenvalue weighted by atomic mass is 10.0. The van der Waals surface area contributed by atoms with Crippen LogP contribution >= 0.6 is 7.82 Å². The van der Waals surface area contributed by atoms with Gasteiger partial charge in [0.2, 0.25) is 0 Å². The minimum Gasteiger partial charge on any atom is -0.457 e. The van der Waals surface area contributed by atoms with Gasteiger partial charge in [0, 0.05) is 19.6 Å². The quantitative estimate of drug-likeness (QED) is 0.0270. The molecule has 0 aliphatic carbocycles. The van der Waals surface area contributed by atoms with Gasteiger partial charge in [0.15, 0.2) is 0 Å². The number of hydrogen-bond acceptors (Lipinski definition) is 7. The van der Waals surface area contributed by atoms with Crippen molar-refractivity contribution in [3.63, 3.8) is 0 Å². The number of allylic oxidation sites excluding steroid dienone is 4. The Labute approximate surface area is 353 Å². The predicted molar refractivity (Wildman–Crippen MR) is 243 cm³/mol. The minimum atomic E-state index is -4.28. The zero-order valence-corrected chi connectivity index (χ0v) is 38.5. The molecular weight excluding hydrogens is 734 g/mol. The molecule has 0 aliphatic rings. The number of carbonyl (C=O) groups excluding carboxylic acids is 1. The molecule has 0 aromatic heterocycles. The number of unbranched alkanes of at least 4 members (excludes halogenated alkanes) is 30. The highest BCUT2D eigenvalue weighted by atomic mass is 31.2. The van der Waals surface area contributed by atoms with Crippen molar-refractivity contribution in [2.75, 3.05) is 33.0 Å². The number of hydrogen-bond donors (Lipinski definition) is 2. The minimum absolute atomic E-state index is 0.0962. The number of phosphoric acid groups is 1. The second kappa shape index (κ2) is 46.1. The van der Waals surface area contributed by atoms with Crippen molar-refractivity contribution in [3.05, 3.63) is 24.3 Å². The lowest BCUT2D eigenvalue weighted by Gasteiger charge is -2.20. The second-order valence-electron chi connectivity index (χ2n) is 16.3. The fourth-order valence-corrected chi connectivity index (χ4v) is 7.78. The van der Waals surface area contributed by atoms with Crippen LogP contribution in [0.4, 0.5) is 0 Å². The van der Waals surface area contributed by atoms with E-state index in [4.69, 9.17) is 24.3 Å². The Morgan fingerprint density at radius 1 is 0.526 bits per heavy atom. The van der Waals surface area contributed by atoms with E-state index in [-0.39, 0.29) is 32.3 Å². The van der Waals surface area contributed by atoms with Crippen LogP contribution < -0.4 is 5.73 Å². The van der Waals surface area contributed by atoms with Crippen LogP contribution in [0, 0.1) is 0 Å². The summed E-state index contributed by atoms with van der Waals surface area (Å²) in [5.74, 6) is -0.340. The normalized spacial score (nSPS) is 13.5. The molecule has 0 spiro atoms. The van der Waals surface area contributed by atoms with Gasteiger partial charge in [-0.1, -0.05) is 218 Å². The number of rotatable bonds is 47. The molecule has 0 aliphatic heterocycles. The summed E-state index contributed by atoms with van der Waals surface area (Å²) in [6.07, 6.45) is 52.1. The third-order valence-corrected chi connectivity index (χ3v) is 11.6. The van der Waals surface area contributed by atoms with E-state index in [1.54, 1.807) is 0 Å². The van der Waals surface area contributed by atoms with Crippen molar-refractivity contribution in [1.82, 2.24) is 0 Å². The molecule has 9 heteroatoms. The van der Waals surface area contributed by atoms with E-state index in [0.29, 0.717) is 13.0 Å². The average Bonchev–Trinajstić information content (AvgIpc) is 3.20. The third kappa shape index (κ3) is 45.9. The number of nitrogens with two attached hydrogens (primary N) is 1. The molecule has 338 valence electrons. The highest BCUT2D eigenvalue weighted by Crippen LogP contribution is 2.43. The van der Waals surface area contributed by atoms with Crippen LogP contribution in [0.1, 0.15) is 239 Å². The SMILES string of the molecule is CCCC/C=C\C/C=C\CCCCCCCC(=O)OC(COCCCCCCCCCCCCCCCCCCCCCCCCCC)COP(=O)(O)OCCN. The van der Waals surface area contributed by atoms with Crippen molar-refractivity contribution < 1.29 is 32.8 Å². The van der Waals surface area contributed by atoms with Crippen LogP contribution in [0.15, 0.2) is 24.3 Å². The van der Waals surface area contributed by atoms with Crippen molar-refractivity contribution >= 4 is 13.8 Å². The molecule has 2 unspecified atom stereocenters. The number of carbonyl (C=O) groups is 1. The largest absolute Gasteiger partial charge is 0.472 e. The van der Waals surface area contributed by atoms with E-state index in [1.807, 2.05) is 0 Å². The standard InChI is InChI=1S/C48H94NO7P/c1-3-5-7-9-11-13-15-17-19-20-21-22-23-24-25-26-27-28-30-32-34-36-38-40-43-53-45-47(46-55-57(51,52)54-44-42-49)56-48(50)41-39-37-35-33-31-29-18-16-14-12-10-8-6-4-2/h10,12,16,18,47H,3-9,11,13-15,17,19-46,49H2,1-2H3,(H,51,52)/b12-10-,18-16-. The molecule has 3 N–H and O–H groups in total. The topological polar surface area (TPSA) is 117 Å². The van der Waals surface area contributed by atoms with Crippen molar-refractivity contribution in [2.24, 2.45) is 5.73 Å². The first-order chi connectivity index (χ1) is 27.9. The maximum Gasteiger partial charge on any atom is 0.472 e. The van der Waals surface area contributed by atoms with Crippen molar-refractivity contribution in [3.8, 4) is 0 Å². The van der Waals surface area contributed by atoms with E-state index in [1.165, 1.54) is 161 Å². The van der Waals surface area contributed by atoms with Crippen molar-refractivity contribution in [2.45, 2.75) is 245 Å². The first-order valence-electron chi connectivity index (χ1n) is 24.3. The Morgan fingerprint density at radius 3 is 1.42 bits per heavy atom. The van der Waals surface area contributed by atoms with Crippen LogP contribution in [0.25, 0.3) is 0 Å². The van der Waals surface area contributed by atoms with E-state index in [2.05, 4.69) is 38.2 Å². The van der Waals surface area contributed by atoms with E-state index < -0.39 is 13.9 Å². The fraction of sp³-hybridized carbons (Fsp3) is 0.896. The maximum atomic E-state index is 12.6. The first-order valence-corrected chi connectivity index (χ1v) is 25.8. The average molecular weight is 828 g/mol. The van der Waals surface area contributed by atoms with E-state index in [0.717, 1.165) is 57.8 Å². The lowest BCUT2D eigenvalue weighted by Crippen LogP contribution is -2.28. The molecule has 0 aromatic rings. The fourth-order valence-electron chi connectivity index (χ4n) is 7.02. The molecule has 0 saturated heterocycles.